The van der Waals surface area contributed by atoms with Gasteiger partial charge in [-0.05, 0) is 43.4 Å². The zero-order valence-electron chi connectivity index (χ0n) is 16.9. The molecular formula is C21H35N3O2. The fraction of sp³-hybridized carbons (Fsp3) is 0.810. The molecule has 3 atom stereocenters. The van der Waals surface area contributed by atoms with Crippen molar-refractivity contribution >= 4 is 0 Å². The van der Waals surface area contributed by atoms with Gasteiger partial charge in [0.2, 0.25) is 11.8 Å². The van der Waals surface area contributed by atoms with E-state index in [9.17, 15) is 0 Å². The van der Waals surface area contributed by atoms with Gasteiger partial charge in [-0.15, -0.1) is 10.2 Å². The van der Waals surface area contributed by atoms with Crippen molar-refractivity contribution in [3.8, 4) is 0 Å². The van der Waals surface area contributed by atoms with Crippen LogP contribution in [0.15, 0.2) is 16.1 Å². The molecule has 0 spiro atoms. The molecule has 0 bridgehead atoms. The van der Waals surface area contributed by atoms with Crippen molar-refractivity contribution in [2.75, 3.05) is 32.8 Å². The number of ether oxygens (including phenoxy) is 1. The Kier molecular flexibility index (Phi) is 6.87. The topological polar surface area (TPSA) is 51.4 Å². The van der Waals surface area contributed by atoms with Crippen LogP contribution in [0.1, 0.15) is 52.3 Å². The van der Waals surface area contributed by atoms with Gasteiger partial charge in [-0.1, -0.05) is 32.4 Å². The molecule has 0 unspecified atom stereocenters. The second-order valence-corrected chi connectivity index (χ2v) is 8.37. The van der Waals surface area contributed by atoms with Crippen LogP contribution in [0.2, 0.25) is 0 Å². The van der Waals surface area contributed by atoms with Crippen molar-refractivity contribution in [1.82, 2.24) is 15.1 Å². The number of nitrogens with zero attached hydrogens (tertiary/aromatic N) is 3. The second kappa shape index (κ2) is 9.14. The third kappa shape index (κ3) is 4.95. The SMILES string of the molecule is CCCc1nnc(C[C@@H]2C[C@@H](C(C)C)[C@H](CN3CCOCC3)C=C2C)o1. The first-order valence-electron chi connectivity index (χ1n) is 10.4. The van der Waals surface area contributed by atoms with Crippen molar-refractivity contribution in [2.24, 2.45) is 23.7 Å². The van der Waals surface area contributed by atoms with Gasteiger partial charge in [-0.25, -0.2) is 0 Å². The van der Waals surface area contributed by atoms with E-state index in [1.54, 1.807) is 0 Å². The quantitative estimate of drug-likeness (QED) is 0.692. The van der Waals surface area contributed by atoms with Crippen LogP contribution in [-0.2, 0) is 17.6 Å². The lowest BCUT2D eigenvalue weighted by Crippen LogP contribution is -2.42. The Balaban J connectivity index is 1.67. The van der Waals surface area contributed by atoms with Crippen LogP contribution >= 0.6 is 0 Å². The van der Waals surface area contributed by atoms with Gasteiger partial charge in [0.25, 0.3) is 0 Å². The molecule has 1 aromatic rings. The number of rotatable bonds is 7. The predicted molar refractivity (Wildman–Crippen MR) is 103 cm³/mol. The van der Waals surface area contributed by atoms with Crippen molar-refractivity contribution in [2.45, 2.75) is 53.4 Å². The lowest BCUT2D eigenvalue weighted by Gasteiger charge is -2.40. The zero-order chi connectivity index (χ0) is 18.5. The smallest absolute Gasteiger partial charge is 0.217 e. The molecule has 5 nitrogen and oxygen atoms in total. The average molecular weight is 362 g/mol. The third-order valence-electron chi connectivity index (χ3n) is 6.05. The van der Waals surface area contributed by atoms with Crippen LogP contribution in [0, 0.1) is 23.7 Å². The van der Waals surface area contributed by atoms with Crippen molar-refractivity contribution in [3.63, 3.8) is 0 Å². The fourth-order valence-electron chi connectivity index (χ4n) is 4.46. The summed E-state index contributed by atoms with van der Waals surface area (Å²) in [5, 5.41) is 8.47. The van der Waals surface area contributed by atoms with Crippen LogP contribution in [0.3, 0.4) is 0 Å². The van der Waals surface area contributed by atoms with E-state index < -0.39 is 0 Å². The first-order chi connectivity index (χ1) is 12.6. The first kappa shape index (κ1) is 19.6. The van der Waals surface area contributed by atoms with Crippen molar-refractivity contribution < 1.29 is 9.15 Å². The van der Waals surface area contributed by atoms with Gasteiger partial charge < -0.3 is 9.15 Å². The number of aromatic nitrogens is 2. The van der Waals surface area contributed by atoms with Crippen LogP contribution in [0.25, 0.3) is 0 Å². The lowest BCUT2D eigenvalue weighted by molar-refractivity contribution is 0.0256. The normalized spacial score (nSPS) is 27.7. The lowest BCUT2D eigenvalue weighted by atomic mass is 9.69. The highest BCUT2D eigenvalue weighted by molar-refractivity contribution is 5.14. The minimum Gasteiger partial charge on any atom is -0.425 e. The third-order valence-corrected chi connectivity index (χ3v) is 6.05. The molecule has 1 saturated heterocycles. The highest BCUT2D eigenvalue weighted by Crippen LogP contribution is 2.39. The highest BCUT2D eigenvalue weighted by Gasteiger charge is 2.33. The largest absolute Gasteiger partial charge is 0.425 e. The van der Waals surface area contributed by atoms with E-state index >= 15 is 0 Å². The van der Waals surface area contributed by atoms with E-state index in [0.29, 0.717) is 23.7 Å². The van der Waals surface area contributed by atoms with Gasteiger partial charge >= 0.3 is 0 Å². The molecule has 5 heteroatoms. The second-order valence-electron chi connectivity index (χ2n) is 8.37. The summed E-state index contributed by atoms with van der Waals surface area (Å²) in [4.78, 5) is 2.57. The molecule has 0 saturated carbocycles. The maximum atomic E-state index is 5.85. The molecule has 0 radical (unpaired) electrons. The van der Waals surface area contributed by atoms with Crippen LogP contribution < -0.4 is 0 Å². The summed E-state index contributed by atoms with van der Waals surface area (Å²) in [6, 6.07) is 0. The molecular weight excluding hydrogens is 326 g/mol. The van der Waals surface area contributed by atoms with Crippen molar-refractivity contribution in [3.05, 3.63) is 23.4 Å². The summed E-state index contributed by atoms with van der Waals surface area (Å²) in [5.74, 6) is 4.16. The van der Waals surface area contributed by atoms with Gasteiger partial charge in [0.1, 0.15) is 0 Å². The summed E-state index contributed by atoms with van der Waals surface area (Å²) < 4.78 is 11.4. The highest BCUT2D eigenvalue weighted by atomic mass is 16.5. The Bertz CT molecular complexity index is 590. The van der Waals surface area contributed by atoms with E-state index in [2.05, 4.69) is 48.9 Å². The van der Waals surface area contributed by atoms with Gasteiger partial charge in [0, 0.05) is 32.5 Å². The minimum atomic E-state index is 0.526. The maximum Gasteiger partial charge on any atom is 0.217 e. The molecule has 3 rings (SSSR count). The zero-order valence-corrected chi connectivity index (χ0v) is 16.9. The molecule has 0 N–H and O–H groups in total. The molecule has 26 heavy (non-hydrogen) atoms. The van der Waals surface area contributed by atoms with Gasteiger partial charge in [0.05, 0.1) is 13.2 Å². The Morgan fingerprint density at radius 1 is 1.19 bits per heavy atom. The molecule has 2 heterocycles. The number of morpholine rings is 1. The van der Waals surface area contributed by atoms with Gasteiger partial charge in [0.15, 0.2) is 0 Å². The summed E-state index contributed by atoms with van der Waals surface area (Å²) in [6.07, 6.45) is 6.57. The minimum absolute atomic E-state index is 0.526. The molecule has 1 aromatic heterocycles. The molecule has 1 aliphatic heterocycles. The number of allylic oxidation sites excluding steroid dienone is 1. The molecule has 146 valence electrons. The van der Waals surface area contributed by atoms with E-state index in [-0.39, 0.29) is 0 Å². The molecule has 2 aliphatic rings. The molecule has 0 aromatic carbocycles. The Morgan fingerprint density at radius 3 is 2.62 bits per heavy atom. The summed E-state index contributed by atoms with van der Waals surface area (Å²) in [5.41, 5.74) is 1.50. The molecule has 1 fully saturated rings. The van der Waals surface area contributed by atoms with Gasteiger partial charge in [-0.3, -0.25) is 4.90 Å². The van der Waals surface area contributed by atoms with E-state index in [0.717, 1.165) is 63.9 Å². The predicted octanol–water partition coefficient (Wildman–Crippen LogP) is 3.75. The standard InChI is InChI=1S/C21H35N3O2/c1-5-6-20-22-23-21(26-20)13-17-12-19(15(2)3)18(11-16(17)4)14-24-7-9-25-10-8-24/h11,15,17-19H,5-10,12-14H2,1-4H3/t17-,18-,19-/m0/s1. The molecule has 0 amide bonds. The van der Waals surface area contributed by atoms with Crippen LogP contribution in [-0.4, -0.2) is 47.9 Å². The van der Waals surface area contributed by atoms with Crippen molar-refractivity contribution in [1.29, 1.82) is 0 Å². The summed E-state index contributed by atoms with van der Waals surface area (Å²) >= 11 is 0. The van der Waals surface area contributed by atoms with Crippen LogP contribution in [0.5, 0.6) is 0 Å². The average Bonchev–Trinajstić information content (AvgIpc) is 3.05. The Morgan fingerprint density at radius 2 is 1.92 bits per heavy atom. The molecule has 1 aliphatic carbocycles. The summed E-state index contributed by atoms with van der Waals surface area (Å²) in [7, 11) is 0. The Labute approximate surface area is 158 Å². The maximum absolute atomic E-state index is 5.85. The number of hydrogen-bond donors (Lipinski definition) is 0. The summed E-state index contributed by atoms with van der Waals surface area (Å²) in [6.45, 7) is 14.2. The monoisotopic (exact) mass is 361 g/mol. The Hall–Kier alpha value is -1.20. The van der Waals surface area contributed by atoms with E-state index in [1.165, 1.54) is 12.0 Å². The van der Waals surface area contributed by atoms with E-state index in [4.69, 9.17) is 9.15 Å². The van der Waals surface area contributed by atoms with Gasteiger partial charge in [-0.2, -0.15) is 0 Å². The first-order valence-corrected chi connectivity index (χ1v) is 10.4. The number of aryl methyl sites for hydroxylation is 1. The van der Waals surface area contributed by atoms with E-state index in [1.807, 2.05) is 0 Å². The fourth-order valence-corrected chi connectivity index (χ4v) is 4.46. The van der Waals surface area contributed by atoms with Crippen LogP contribution in [0.4, 0.5) is 0 Å². The number of hydrogen-bond acceptors (Lipinski definition) is 5.